The van der Waals surface area contributed by atoms with Crippen LogP contribution in [0.25, 0.3) is 0 Å². The molecule has 1 heterocycles. The summed E-state index contributed by atoms with van der Waals surface area (Å²) in [6.07, 6.45) is 1.30. The van der Waals surface area contributed by atoms with Gasteiger partial charge in [-0.1, -0.05) is 0 Å². The lowest BCUT2D eigenvalue weighted by atomic mass is 10.0. The molecule has 1 aromatic heterocycles. The SMILES string of the molecule is COc1cc(C)c(C(C)NC(=O)c2ccnc(C(=O)O)c2)cc1OC. The molecule has 7 heteroatoms. The van der Waals surface area contributed by atoms with Gasteiger partial charge in [-0.3, -0.25) is 4.79 Å². The highest BCUT2D eigenvalue weighted by molar-refractivity contribution is 5.96. The number of nitrogens with one attached hydrogen (secondary N) is 1. The van der Waals surface area contributed by atoms with Gasteiger partial charge in [-0.05, 0) is 49.2 Å². The number of aromatic nitrogens is 1. The first-order chi connectivity index (χ1) is 11.9. The summed E-state index contributed by atoms with van der Waals surface area (Å²) in [5.74, 6) is -0.381. The molecule has 1 aromatic carbocycles. The van der Waals surface area contributed by atoms with E-state index in [1.165, 1.54) is 18.3 Å². The molecule has 132 valence electrons. The van der Waals surface area contributed by atoms with Crippen LogP contribution in [0.4, 0.5) is 0 Å². The van der Waals surface area contributed by atoms with Gasteiger partial charge in [0.1, 0.15) is 5.69 Å². The van der Waals surface area contributed by atoms with Crippen LogP contribution in [0.2, 0.25) is 0 Å². The third-order valence-electron chi connectivity index (χ3n) is 3.83. The number of rotatable bonds is 6. The van der Waals surface area contributed by atoms with Crippen molar-refractivity contribution in [3.8, 4) is 11.5 Å². The van der Waals surface area contributed by atoms with E-state index < -0.39 is 5.97 Å². The van der Waals surface area contributed by atoms with E-state index in [1.54, 1.807) is 14.2 Å². The number of carbonyl (C=O) groups excluding carboxylic acids is 1. The molecule has 2 aromatic rings. The minimum Gasteiger partial charge on any atom is -0.493 e. The molecular weight excluding hydrogens is 324 g/mol. The number of benzene rings is 1. The van der Waals surface area contributed by atoms with E-state index in [2.05, 4.69) is 10.3 Å². The minimum absolute atomic E-state index is 0.178. The molecule has 0 fully saturated rings. The Bertz CT molecular complexity index is 804. The number of hydrogen-bond acceptors (Lipinski definition) is 5. The Hall–Kier alpha value is -3.09. The molecule has 0 radical (unpaired) electrons. The quantitative estimate of drug-likeness (QED) is 0.836. The Morgan fingerprint density at radius 3 is 2.40 bits per heavy atom. The molecule has 25 heavy (non-hydrogen) atoms. The summed E-state index contributed by atoms with van der Waals surface area (Å²) in [4.78, 5) is 27.1. The number of ether oxygens (including phenoxy) is 2. The summed E-state index contributed by atoms with van der Waals surface area (Å²) in [6.45, 7) is 3.75. The normalized spacial score (nSPS) is 11.5. The second-order valence-corrected chi connectivity index (χ2v) is 5.49. The van der Waals surface area contributed by atoms with E-state index in [-0.39, 0.29) is 23.2 Å². The van der Waals surface area contributed by atoms with Crippen molar-refractivity contribution in [2.45, 2.75) is 19.9 Å². The largest absolute Gasteiger partial charge is 0.493 e. The van der Waals surface area contributed by atoms with Gasteiger partial charge >= 0.3 is 5.97 Å². The number of carbonyl (C=O) groups is 2. The Balaban J connectivity index is 2.24. The lowest BCUT2D eigenvalue weighted by Gasteiger charge is -2.19. The second kappa shape index (κ2) is 7.65. The van der Waals surface area contributed by atoms with Gasteiger partial charge in [0, 0.05) is 11.8 Å². The van der Waals surface area contributed by atoms with Crippen molar-refractivity contribution in [1.82, 2.24) is 10.3 Å². The molecule has 0 bridgehead atoms. The molecule has 0 saturated heterocycles. The van der Waals surface area contributed by atoms with Crippen molar-refractivity contribution >= 4 is 11.9 Å². The van der Waals surface area contributed by atoms with E-state index in [1.807, 2.05) is 26.0 Å². The zero-order chi connectivity index (χ0) is 18.6. The zero-order valence-corrected chi connectivity index (χ0v) is 14.5. The van der Waals surface area contributed by atoms with Crippen molar-refractivity contribution in [3.05, 3.63) is 52.8 Å². The third kappa shape index (κ3) is 4.06. The van der Waals surface area contributed by atoms with Crippen molar-refractivity contribution in [2.75, 3.05) is 14.2 Å². The zero-order valence-electron chi connectivity index (χ0n) is 14.5. The smallest absolute Gasteiger partial charge is 0.354 e. The van der Waals surface area contributed by atoms with Crippen LogP contribution in [0.1, 0.15) is 44.9 Å². The molecule has 0 aliphatic carbocycles. The van der Waals surface area contributed by atoms with Crippen molar-refractivity contribution in [3.63, 3.8) is 0 Å². The van der Waals surface area contributed by atoms with Crippen LogP contribution in [0.3, 0.4) is 0 Å². The number of amides is 1. The molecule has 0 spiro atoms. The summed E-state index contributed by atoms with van der Waals surface area (Å²) < 4.78 is 10.6. The summed E-state index contributed by atoms with van der Waals surface area (Å²) in [5.41, 5.74) is 1.87. The van der Waals surface area contributed by atoms with Crippen LogP contribution >= 0.6 is 0 Å². The highest BCUT2D eigenvalue weighted by atomic mass is 16.5. The number of aryl methyl sites for hydroxylation is 1. The number of carboxylic acids is 1. The summed E-state index contributed by atoms with van der Waals surface area (Å²) >= 11 is 0. The maximum atomic E-state index is 12.4. The molecule has 1 unspecified atom stereocenters. The first kappa shape index (κ1) is 18.3. The van der Waals surface area contributed by atoms with Gasteiger partial charge in [0.15, 0.2) is 11.5 Å². The summed E-state index contributed by atoms with van der Waals surface area (Å²) in [6, 6.07) is 6.05. The molecule has 0 saturated carbocycles. The fourth-order valence-corrected chi connectivity index (χ4v) is 2.51. The van der Waals surface area contributed by atoms with Gasteiger partial charge in [0.05, 0.1) is 20.3 Å². The van der Waals surface area contributed by atoms with Gasteiger partial charge in [-0.2, -0.15) is 0 Å². The van der Waals surface area contributed by atoms with Crippen LogP contribution in [-0.4, -0.2) is 36.2 Å². The van der Waals surface area contributed by atoms with Crippen LogP contribution in [0.5, 0.6) is 11.5 Å². The summed E-state index contributed by atoms with van der Waals surface area (Å²) in [5, 5.41) is 11.8. The number of aromatic carboxylic acids is 1. The maximum Gasteiger partial charge on any atom is 0.354 e. The molecule has 0 aliphatic rings. The van der Waals surface area contributed by atoms with Crippen molar-refractivity contribution in [2.24, 2.45) is 0 Å². The van der Waals surface area contributed by atoms with E-state index in [9.17, 15) is 9.59 Å². The standard InChI is InChI=1S/C18H20N2O5/c1-10-7-15(24-3)16(25-4)9-13(10)11(2)20-17(21)12-5-6-19-14(8-12)18(22)23/h5-9,11H,1-4H3,(H,20,21)(H,22,23). The topological polar surface area (TPSA) is 97.8 Å². The molecule has 2 rings (SSSR count). The Morgan fingerprint density at radius 2 is 1.80 bits per heavy atom. The summed E-state index contributed by atoms with van der Waals surface area (Å²) in [7, 11) is 3.11. The van der Waals surface area contributed by atoms with Crippen LogP contribution in [-0.2, 0) is 0 Å². The Morgan fingerprint density at radius 1 is 1.16 bits per heavy atom. The highest BCUT2D eigenvalue weighted by Crippen LogP contribution is 2.32. The number of nitrogens with zero attached hydrogens (tertiary/aromatic N) is 1. The highest BCUT2D eigenvalue weighted by Gasteiger charge is 2.17. The molecule has 0 aliphatic heterocycles. The van der Waals surface area contributed by atoms with E-state index in [0.717, 1.165) is 11.1 Å². The molecule has 7 nitrogen and oxygen atoms in total. The average Bonchev–Trinajstić information content (AvgIpc) is 2.61. The predicted octanol–water partition coefficient (Wildman–Crippen LogP) is 2.60. The molecule has 2 N–H and O–H groups in total. The maximum absolute atomic E-state index is 12.4. The monoisotopic (exact) mass is 344 g/mol. The van der Waals surface area contributed by atoms with Gasteiger partial charge in [-0.25, -0.2) is 9.78 Å². The first-order valence-corrected chi connectivity index (χ1v) is 7.60. The van der Waals surface area contributed by atoms with E-state index in [0.29, 0.717) is 11.5 Å². The third-order valence-corrected chi connectivity index (χ3v) is 3.83. The lowest BCUT2D eigenvalue weighted by Crippen LogP contribution is -2.27. The number of methoxy groups -OCH3 is 2. The van der Waals surface area contributed by atoms with Crippen LogP contribution < -0.4 is 14.8 Å². The van der Waals surface area contributed by atoms with Crippen LogP contribution in [0.15, 0.2) is 30.5 Å². The van der Waals surface area contributed by atoms with Gasteiger partial charge in [-0.15, -0.1) is 0 Å². The molecular formula is C18H20N2O5. The Labute approximate surface area is 145 Å². The predicted molar refractivity (Wildman–Crippen MR) is 91.4 cm³/mol. The van der Waals surface area contributed by atoms with E-state index in [4.69, 9.17) is 14.6 Å². The second-order valence-electron chi connectivity index (χ2n) is 5.49. The fraction of sp³-hybridized carbons (Fsp3) is 0.278. The molecule has 1 atom stereocenters. The van der Waals surface area contributed by atoms with Crippen LogP contribution in [0, 0.1) is 6.92 Å². The number of pyridine rings is 1. The average molecular weight is 344 g/mol. The first-order valence-electron chi connectivity index (χ1n) is 7.60. The van der Waals surface area contributed by atoms with E-state index >= 15 is 0 Å². The number of hydrogen-bond donors (Lipinski definition) is 2. The number of carboxylic acid groups (broad SMARTS) is 1. The van der Waals surface area contributed by atoms with Gasteiger partial charge < -0.3 is 19.9 Å². The van der Waals surface area contributed by atoms with Gasteiger partial charge in [0.25, 0.3) is 5.91 Å². The fourth-order valence-electron chi connectivity index (χ4n) is 2.51. The van der Waals surface area contributed by atoms with Gasteiger partial charge in [0.2, 0.25) is 0 Å². The van der Waals surface area contributed by atoms with Crippen molar-refractivity contribution in [1.29, 1.82) is 0 Å². The van der Waals surface area contributed by atoms with Crippen molar-refractivity contribution < 1.29 is 24.2 Å². The lowest BCUT2D eigenvalue weighted by molar-refractivity contribution is 0.0690. The molecule has 1 amide bonds. The Kier molecular flexibility index (Phi) is 5.59. The minimum atomic E-state index is -1.18.